The van der Waals surface area contributed by atoms with Crippen molar-refractivity contribution in [3.05, 3.63) is 58.1 Å². The Balaban J connectivity index is 2.25. The lowest BCUT2D eigenvalue weighted by atomic mass is 9.90. The number of benzene rings is 2. The van der Waals surface area contributed by atoms with E-state index in [0.29, 0.717) is 5.56 Å². The number of fused-ring (bicyclic) bond motifs is 3. The highest BCUT2D eigenvalue weighted by Crippen LogP contribution is 2.36. The van der Waals surface area contributed by atoms with E-state index in [-0.39, 0.29) is 5.97 Å². The fourth-order valence-electron chi connectivity index (χ4n) is 3.38. The number of esters is 1. The zero-order valence-electron chi connectivity index (χ0n) is 12.8. The van der Waals surface area contributed by atoms with Crippen LogP contribution in [0.5, 0.6) is 0 Å². The van der Waals surface area contributed by atoms with Gasteiger partial charge in [-0.3, -0.25) is 0 Å². The molecule has 0 spiro atoms. The normalized spacial score (nSPS) is 13.1. The Kier molecular flexibility index (Phi) is 3.54. The molecule has 1 aliphatic carbocycles. The van der Waals surface area contributed by atoms with Gasteiger partial charge in [-0.05, 0) is 73.1 Å². The Morgan fingerprint density at radius 2 is 1.81 bits per heavy atom. The van der Waals surface area contributed by atoms with Crippen molar-refractivity contribution in [2.45, 2.75) is 33.1 Å². The average Bonchev–Trinajstić information content (AvgIpc) is 2.64. The summed E-state index contributed by atoms with van der Waals surface area (Å²) in [7, 11) is 1.43. The Morgan fingerprint density at radius 3 is 2.57 bits per heavy atom. The maximum atomic E-state index is 11.8. The molecule has 2 aromatic carbocycles. The van der Waals surface area contributed by atoms with Crippen LogP contribution in [0.1, 0.15) is 39.0 Å². The molecule has 0 aliphatic heterocycles. The van der Waals surface area contributed by atoms with Crippen molar-refractivity contribution in [2.24, 2.45) is 0 Å². The van der Waals surface area contributed by atoms with Gasteiger partial charge >= 0.3 is 5.97 Å². The number of carbonyl (C=O) groups is 1. The van der Waals surface area contributed by atoms with Crippen LogP contribution in [-0.2, 0) is 17.6 Å². The molecule has 0 heterocycles. The SMILES string of the molecule is COC(=O)c1ccc2c(c1)-c1c(C)cc(C)cc1CCC2. The molecule has 21 heavy (non-hydrogen) atoms. The van der Waals surface area contributed by atoms with Gasteiger partial charge in [-0.1, -0.05) is 23.8 Å². The van der Waals surface area contributed by atoms with Crippen LogP contribution >= 0.6 is 0 Å². The van der Waals surface area contributed by atoms with Crippen LogP contribution < -0.4 is 0 Å². The molecule has 0 aromatic heterocycles. The van der Waals surface area contributed by atoms with E-state index in [4.69, 9.17) is 4.74 Å². The molecule has 108 valence electrons. The highest BCUT2D eigenvalue weighted by molar-refractivity contribution is 5.92. The van der Waals surface area contributed by atoms with Crippen LogP contribution in [0.3, 0.4) is 0 Å². The third-order valence-electron chi connectivity index (χ3n) is 4.25. The summed E-state index contributed by atoms with van der Waals surface area (Å²) in [5.41, 5.74) is 8.45. The van der Waals surface area contributed by atoms with Gasteiger partial charge in [-0.25, -0.2) is 4.79 Å². The minimum atomic E-state index is -0.270. The van der Waals surface area contributed by atoms with Crippen LogP contribution in [0.15, 0.2) is 30.3 Å². The zero-order valence-corrected chi connectivity index (χ0v) is 12.8. The first kappa shape index (κ1) is 13.9. The Labute approximate surface area is 125 Å². The van der Waals surface area contributed by atoms with Gasteiger partial charge in [0.25, 0.3) is 0 Å². The number of hydrogen-bond donors (Lipinski definition) is 0. The maximum absolute atomic E-state index is 11.8. The summed E-state index contributed by atoms with van der Waals surface area (Å²) in [5.74, 6) is -0.270. The third-order valence-corrected chi connectivity index (χ3v) is 4.25. The molecule has 0 unspecified atom stereocenters. The van der Waals surface area contributed by atoms with Crippen LogP contribution in [0, 0.1) is 13.8 Å². The van der Waals surface area contributed by atoms with Crippen molar-refractivity contribution in [1.29, 1.82) is 0 Å². The molecule has 0 bridgehead atoms. The molecule has 0 N–H and O–H groups in total. The first-order chi connectivity index (χ1) is 10.1. The first-order valence-electron chi connectivity index (χ1n) is 7.42. The van der Waals surface area contributed by atoms with E-state index in [9.17, 15) is 4.79 Å². The lowest BCUT2D eigenvalue weighted by Crippen LogP contribution is -2.02. The molecule has 0 atom stereocenters. The molecular weight excluding hydrogens is 260 g/mol. The quantitative estimate of drug-likeness (QED) is 0.730. The summed E-state index contributed by atoms with van der Waals surface area (Å²) in [6, 6.07) is 10.4. The van der Waals surface area contributed by atoms with E-state index in [0.717, 1.165) is 19.3 Å². The first-order valence-corrected chi connectivity index (χ1v) is 7.42. The van der Waals surface area contributed by atoms with E-state index in [1.807, 2.05) is 12.1 Å². The highest BCUT2D eigenvalue weighted by atomic mass is 16.5. The van der Waals surface area contributed by atoms with Crippen molar-refractivity contribution < 1.29 is 9.53 Å². The van der Waals surface area contributed by atoms with E-state index in [1.54, 1.807) is 0 Å². The van der Waals surface area contributed by atoms with Crippen molar-refractivity contribution in [3.63, 3.8) is 0 Å². The number of hydrogen-bond acceptors (Lipinski definition) is 2. The predicted molar refractivity (Wildman–Crippen MR) is 84.7 cm³/mol. The summed E-state index contributed by atoms with van der Waals surface area (Å²) in [6.07, 6.45) is 3.31. The molecule has 0 radical (unpaired) electrons. The van der Waals surface area contributed by atoms with Crippen LogP contribution in [0.25, 0.3) is 11.1 Å². The molecule has 2 aromatic rings. The van der Waals surface area contributed by atoms with Crippen LogP contribution in [-0.4, -0.2) is 13.1 Å². The highest BCUT2D eigenvalue weighted by Gasteiger charge is 2.18. The van der Waals surface area contributed by atoms with E-state index < -0.39 is 0 Å². The summed E-state index contributed by atoms with van der Waals surface area (Å²) in [4.78, 5) is 11.8. The fraction of sp³-hybridized carbons (Fsp3) is 0.316. The minimum absolute atomic E-state index is 0.270. The van der Waals surface area contributed by atoms with Gasteiger partial charge in [-0.2, -0.15) is 0 Å². The zero-order chi connectivity index (χ0) is 15.0. The number of methoxy groups -OCH3 is 1. The van der Waals surface area contributed by atoms with E-state index >= 15 is 0 Å². The van der Waals surface area contributed by atoms with Crippen LogP contribution in [0.2, 0.25) is 0 Å². The second-order valence-electron chi connectivity index (χ2n) is 5.83. The fourth-order valence-corrected chi connectivity index (χ4v) is 3.38. The molecule has 2 nitrogen and oxygen atoms in total. The third kappa shape index (κ3) is 2.46. The Bertz CT molecular complexity index is 714. The van der Waals surface area contributed by atoms with Gasteiger partial charge in [-0.15, -0.1) is 0 Å². The van der Waals surface area contributed by atoms with Crippen molar-refractivity contribution in [3.8, 4) is 11.1 Å². The molecule has 2 heteroatoms. The lowest BCUT2D eigenvalue weighted by molar-refractivity contribution is 0.0601. The minimum Gasteiger partial charge on any atom is -0.465 e. The summed E-state index contributed by atoms with van der Waals surface area (Å²) < 4.78 is 4.86. The Morgan fingerprint density at radius 1 is 1.05 bits per heavy atom. The van der Waals surface area contributed by atoms with Crippen molar-refractivity contribution in [2.75, 3.05) is 7.11 Å². The summed E-state index contributed by atoms with van der Waals surface area (Å²) in [5, 5.41) is 0. The maximum Gasteiger partial charge on any atom is 0.337 e. The van der Waals surface area contributed by atoms with Gasteiger partial charge in [0.2, 0.25) is 0 Å². The molecular formula is C19H20O2. The van der Waals surface area contributed by atoms with E-state index in [1.165, 1.54) is 40.5 Å². The predicted octanol–water partition coefficient (Wildman–Crippen LogP) is 4.25. The smallest absolute Gasteiger partial charge is 0.337 e. The molecule has 1 aliphatic rings. The van der Waals surface area contributed by atoms with Gasteiger partial charge in [0.1, 0.15) is 0 Å². The van der Waals surface area contributed by atoms with Crippen LogP contribution in [0.4, 0.5) is 0 Å². The van der Waals surface area contributed by atoms with E-state index in [2.05, 4.69) is 32.0 Å². The second kappa shape index (κ2) is 5.36. The molecule has 0 saturated carbocycles. The molecule has 0 saturated heterocycles. The lowest BCUT2D eigenvalue weighted by Gasteiger charge is -2.15. The Hall–Kier alpha value is -2.09. The largest absolute Gasteiger partial charge is 0.465 e. The second-order valence-corrected chi connectivity index (χ2v) is 5.83. The summed E-state index contributed by atoms with van der Waals surface area (Å²) >= 11 is 0. The number of ether oxygens (including phenoxy) is 1. The van der Waals surface area contributed by atoms with Crippen molar-refractivity contribution >= 4 is 5.97 Å². The topological polar surface area (TPSA) is 26.3 Å². The number of aryl methyl sites for hydroxylation is 4. The standard InChI is InChI=1S/C19H20O2/c1-12-9-13(2)18-15(10-12)6-4-5-14-7-8-16(11-17(14)18)19(20)21-3/h7-11H,4-6H2,1-3H3. The molecule has 0 fully saturated rings. The molecule has 3 rings (SSSR count). The van der Waals surface area contributed by atoms with Gasteiger partial charge in [0, 0.05) is 0 Å². The van der Waals surface area contributed by atoms with Gasteiger partial charge in [0.15, 0.2) is 0 Å². The number of rotatable bonds is 1. The summed E-state index contributed by atoms with van der Waals surface area (Å²) in [6.45, 7) is 4.30. The monoisotopic (exact) mass is 280 g/mol. The average molecular weight is 280 g/mol. The van der Waals surface area contributed by atoms with Gasteiger partial charge < -0.3 is 4.74 Å². The van der Waals surface area contributed by atoms with Gasteiger partial charge in [0.05, 0.1) is 12.7 Å². The molecule has 0 amide bonds. The number of carbonyl (C=O) groups excluding carboxylic acids is 1. The van der Waals surface area contributed by atoms with Crippen molar-refractivity contribution in [1.82, 2.24) is 0 Å².